The maximum absolute atomic E-state index is 13.3. The zero-order valence-corrected chi connectivity index (χ0v) is 36.1. The molecule has 14 heteroatoms. The lowest BCUT2D eigenvalue weighted by Crippen LogP contribution is -2.67. The smallest absolute Gasteiger partial charge is 0.330 e. The van der Waals surface area contributed by atoms with Crippen LogP contribution in [-0.4, -0.2) is 57.4 Å². The van der Waals surface area contributed by atoms with E-state index in [2.05, 4.69) is 63.1 Å². The molecular formula is C45H65N5O9. The summed E-state index contributed by atoms with van der Waals surface area (Å²) in [5.74, 6) is 0.185. The molecule has 0 radical (unpaired) electrons. The molecule has 1 unspecified atom stereocenters. The Labute approximate surface area is 346 Å². The van der Waals surface area contributed by atoms with Crippen LogP contribution in [0.1, 0.15) is 143 Å². The van der Waals surface area contributed by atoms with Crippen LogP contribution < -0.4 is 11.2 Å². The maximum atomic E-state index is 13.3. The minimum atomic E-state index is -0.815. The van der Waals surface area contributed by atoms with Crippen LogP contribution in [0.2, 0.25) is 0 Å². The number of carboxylic acids is 1. The van der Waals surface area contributed by atoms with E-state index in [0.717, 1.165) is 69.8 Å². The van der Waals surface area contributed by atoms with Crippen molar-refractivity contribution in [2.45, 2.75) is 163 Å². The minimum Gasteiger partial charge on any atom is -0.481 e. The fraction of sp³-hybridized carbons (Fsp3) is 0.800. The number of esters is 2. The number of azide groups is 1. The first-order chi connectivity index (χ1) is 27.7. The third-order valence-corrected chi connectivity index (χ3v) is 17.7. The van der Waals surface area contributed by atoms with Gasteiger partial charge in [0.15, 0.2) is 0 Å². The van der Waals surface area contributed by atoms with Gasteiger partial charge >= 0.3 is 23.6 Å². The number of carbonyl (C=O) groups is 3. The Kier molecular flexibility index (Phi) is 11.4. The number of nitrogens with one attached hydrogen (secondary N) is 1. The van der Waals surface area contributed by atoms with E-state index >= 15 is 0 Å². The molecule has 2 N–H and O–H groups in total. The zero-order valence-electron chi connectivity index (χ0n) is 36.1. The number of aliphatic carboxylic acids is 1. The molecule has 6 fully saturated rings. The van der Waals surface area contributed by atoms with E-state index in [1.807, 2.05) is 0 Å². The van der Waals surface area contributed by atoms with Gasteiger partial charge in [-0.25, -0.2) is 4.79 Å². The van der Waals surface area contributed by atoms with Gasteiger partial charge in [0.1, 0.15) is 25.0 Å². The number of aromatic nitrogens is 2. The lowest BCUT2D eigenvalue weighted by Gasteiger charge is -2.72. The summed E-state index contributed by atoms with van der Waals surface area (Å²) >= 11 is 0. The van der Waals surface area contributed by atoms with Gasteiger partial charge < -0.3 is 19.3 Å². The Bertz CT molecular complexity index is 2040. The molecule has 0 bridgehead atoms. The lowest BCUT2D eigenvalue weighted by molar-refractivity contribution is -0.250. The molecule has 1 aliphatic heterocycles. The van der Waals surface area contributed by atoms with E-state index in [1.54, 1.807) is 6.92 Å². The average molecular weight is 820 g/mol. The number of nitrogens with zero attached hydrogens (tertiary/aromatic N) is 4. The highest BCUT2D eigenvalue weighted by atomic mass is 16.6. The van der Waals surface area contributed by atoms with E-state index in [-0.39, 0.29) is 77.9 Å². The fourth-order valence-corrected chi connectivity index (χ4v) is 14.6. The van der Waals surface area contributed by atoms with Crippen molar-refractivity contribution in [3.8, 4) is 0 Å². The molecule has 1 aromatic heterocycles. The third-order valence-electron chi connectivity index (χ3n) is 17.7. The number of H-pyrrole nitrogens is 1. The first-order valence-electron chi connectivity index (χ1n) is 22.0. The van der Waals surface area contributed by atoms with E-state index in [9.17, 15) is 29.1 Å². The highest BCUT2D eigenvalue weighted by molar-refractivity contribution is 5.76. The summed E-state index contributed by atoms with van der Waals surface area (Å²) in [5.41, 5.74) is 8.71. The zero-order chi connectivity index (χ0) is 42.9. The number of ether oxygens (including phenoxy) is 3. The number of rotatable bonds is 11. The molecule has 0 spiro atoms. The van der Waals surface area contributed by atoms with Gasteiger partial charge in [-0.2, -0.15) is 0 Å². The Morgan fingerprint density at radius 1 is 0.983 bits per heavy atom. The summed E-state index contributed by atoms with van der Waals surface area (Å²) in [6.07, 6.45) is 9.47. The van der Waals surface area contributed by atoms with Gasteiger partial charge in [0, 0.05) is 41.3 Å². The van der Waals surface area contributed by atoms with Crippen molar-refractivity contribution in [3.63, 3.8) is 0 Å². The van der Waals surface area contributed by atoms with E-state index < -0.39 is 47.0 Å². The number of allylic oxidation sites excluding steroid dienone is 1. The average Bonchev–Trinajstić information content (AvgIpc) is 3.76. The van der Waals surface area contributed by atoms with Crippen LogP contribution >= 0.6 is 0 Å². The Morgan fingerprint density at radius 3 is 2.41 bits per heavy atom. The predicted molar refractivity (Wildman–Crippen MR) is 219 cm³/mol. The number of hydrogen-bond donors (Lipinski definition) is 2. The van der Waals surface area contributed by atoms with Gasteiger partial charge in [-0.1, -0.05) is 51.9 Å². The van der Waals surface area contributed by atoms with Crippen LogP contribution in [-0.2, 0) is 28.6 Å². The molecule has 324 valence electrons. The van der Waals surface area contributed by atoms with Crippen LogP contribution in [0.5, 0.6) is 0 Å². The van der Waals surface area contributed by atoms with Gasteiger partial charge in [-0.15, -0.1) is 0 Å². The summed E-state index contributed by atoms with van der Waals surface area (Å²) < 4.78 is 18.9. The van der Waals surface area contributed by atoms with Crippen LogP contribution in [0.15, 0.2) is 33.1 Å². The van der Waals surface area contributed by atoms with Crippen LogP contribution in [0, 0.1) is 63.6 Å². The van der Waals surface area contributed by atoms with Crippen LogP contribution in [0.4, 0.5) is 0 Å². The summed E-state index contributed by atoms with van der Waals surface area (Å²) in [6, 6.07) is -0.698. The second-order valence-electron chi connectivity index (χ2n) is 20.6. The molecule has 2 heterocycles. The Morgan fingerprint density at radius 2 is 1.71 bits per heavy atom. The largest absolute Gasteiger partial charge is 0.481 e. The molecule has 5 aliphatic carbocycles. The molecule has 13 atom stereocenters. The standard InChI is InChI=1S/C45H65N5O9/c1-25(2)27-14-19-45(39(54)55)21-20-43(7)28(37(27)45)12-13-32-42(6)17-16-33(41(4,5)31(42)15-18-44(32,43)8)59-36(52)11-9-10-35(51)57-24-30-29(48-49-46)22-34(58-30)50-23-26(3)38(53)47-40(50)56/h23,27-34,37H,1,9-22,24H2,2-8H3,(H,54,55)(H,47,53,56)/t27-,28+,29-,30+,31-,32+,33-,34?,37+,42-,43+,44+,45-/m0/s1. The third kappa shape index (κ3) is 6.97. The highest BCUT2D eigenvalue weighted by Gasteiger charge is 2.72. The van der Waals surface area contributed by atoms with Crippen molar-refractivity contribution < 1.29 is 33.7 Å². The van der Waals surface area contributed by atoms with Crippen LogP contribution in [0.3, 0.4) is 0 Å². The summed E-state index contributed by atoms with van der Waals surface area (Å²) in [4.78, 5) is 68.4. The molecule has 1 saturated heterocycles. The Hall–Kier alpha value is -3.90. The number of carboxylic acid groups (broad SMARTS) is 1. The summed E-state index contributed by atoms with van der Waals surface area (Å²) in [6.45, 7) is 19.9. The minimum absolute atomic E-state index is 0.00759. The van der Waals surface area contributed by atoms with Gasteiger partial charge in [0.2, 0.25) is 0 Å². The van der Waals surface area contributed by atoms with Crippen molar-refractivity contribution >= 4 is 17.9 Å². The van der Waals surface area contributed by atoms with Crippen LogP contribution in [0.25, 0.3) is 10.4 Å². The van der Waals surface area contributed by atoms with Crippen molar-refractivity contribution in [2.75, 3.05) is 6.61 Å². The Balaban J connectivity index is 0.936. The molecular weight excluding hydrogens is 755 g/mol. The van der Waals surface area contributed by atoms with E-state index in [4.69, 9.17) is 19.7 Å². The molecule has 6 aliphatic rings. The predicted octanol–water partition coefficient (Wildman–Crippen LogP) is 8.18. The molecule has 0 aromatic carbocycles. The molecule has 5 saturated carbocycles. The van der Waals surface area contributed by atoms with Gasteiger partial charge in [-0.3, -0.25) is 28.7 Å². The van der Waals surface area contributed by atoms with Crippen molar-refractivity contribution in [1.82, 2.24) is 9.55 Å². The lowest BCUT2D eigenvalue weighted by atomic mass is 9.32. The van der Waals surface area contributed by atoms with E-state index in [0.29, 0.717) is 23.3 Å². The first-order valence-corrected chi connectivity index (χ1v) is 22.0. The number of fused-ring (bicyclic) bond motifs is 7. The molecule has 59 heavy (non-hydrogen) atoms. The van der Waals surface area contributed by atoms with Gasteiger partial charge in [-0.05, 0) is 136 Å². The molecule has 1 aromatic rings. The van der Waals surface area contributed by atoms with Gasteiger partial charge in [0.05, 0.1) is 11.5 Å². The number of hydrogen-bond acceptors (Lipinski definition) is 9. The molecule has 0 amide bonds. The quantitative estimate of drug-likeness (QED) is 0.0726. The van der Waals surface area contributed by atoms with Crippen molar-refractivity contribution in [1.29, 1.82) is 0 Å². The second-order valence-corrected chi connectivity index (χ2v) is 20.6. The van der Waals surface area contributed by atoms with Crippen molar-refractivity contribution in [3.05, 3.63) is 55.2 Å². The molecule has 7 rings (SSSR count). The SMILES string of the molecule is C=C(C)[C@@H]1CC[C@]2(C(=O)O)CC[C@]3(C)[C@H](CC[C@@H]4[C@@]5(C)CC[C@H](OC(=O)CCCC(=O)OC[C@H]6OC(n7cc(C)c(=O)[nH]c7=O)C[C@@H]6N=[N+]=[N-])C(C)(C)[C@@H]5CC[C@]43C)[C@@H]12. The molecule has 14 nitrogen and oxygen atoms in total. The van der Waals surface area contributed by atoms with Crippen molar-refractivity contribution in [2.24, 2.45) is 61.8 Å². The second kappa shape index (κ2) is 15.5. The number of aromatic amines is 1. The maximum Gasteiger partial charge on any atom is 0.330 e. The van der Waals surface area contributed by atoms with E-state index in [1.165, 1.54) is 10.8 Å². The highest BCUT2D eigenvalue weighted by Crippen LogP contribution is 2.77. The monoisotopic (exact) mass is 819 g/mol. The summed E-state index contributed by atoms with van der Waals surface area (Å²) in [5, 5.41) is 14.5. The number of carbonyl (C=O) groups excluding carboxylic acids is 2. The number of aryl methyl sites for hydroxylation is 1. The van der Waals surface area contributed by atoms with Gasteiger partial charge in [0.25, 0.3) is 5.56 Å². The first kappa shape index (κ1) is 43.2. The normalized spacial score (nSPS) is 40.6. The fourth-order valence-electron chi connectivity index (χ4n) is 14.6. The topological polar surface area (TPSA) is 203 Å². The summed E-state index contributed by atoms with van der Waals surface area (Å²) in [7, 11) is 0.